The van der Waals surface area contributed by atoms with E-state index in [1.54, 1.807) is 0 Å². The SMILES string of the molecule is O=C(Nc1ccccc1C(F)(F)F)c1ccc(NC2=C(Cl)C(=O)N(c3cccc(Cl)c3Cl)C2=O)cc1. The van der Waals surface area contributed by atoms with Crippen LogP contribution in [-0.4, -0.2) is 17.7 Å². The van der Waals surface area contributed by atoms with Gasteiger partial charge in [-0.25, -0.2) is 4.90 Å². The van der Waals surface area contributed by atoms with E-state index < -0.39 is 29.5 Å². The molecule has 0 radical (unpaired) electrons. The molecule has 0 spiro atoms. The van der Waals surface area contributed by atoms with Crippen molar-refractivity contribution in [2.24, 2.45) is 0 Å². The largest absolute Gasteiger partial charge is 0.418 e. The van der Waals surface area contributed by atoms with E-state index in [1.807, 2.05) is 0 Å². The number of amides is 3. The molecule has 0 bridgehead atoms. The van der Waals surface area contributed by atoms with Gasteiger partial charge in [0.05, 0.1) is 27.0 Å². The summed E-state index contributed by atoms with van der Waals surface area (Å²) in [5, 5.41) is 4.71. The molecule has 1 heterocycles. The van der Waals surface area contributed by atoms with Gasteiger partial charge < -0.3 is 10.6 Å². The summed E-state index contributed by atoms with van der Waals surface area (Å²) in [4.78, 5) is 38.8. The van der Waals surface area contributed by atoms with E-state index in [0.717, 1.165) is 17.0 Å². The molecule has 3 amide bonds. The number of alkyl halides is 3. The maximum absolute atomic E-state index is 13.2. The second-order valence-electron chi connectivity index (χ2n) is 7.41. The molecule has 0 saturated carbocycles. The topological polar surface area (TPSA) is 78.5 Å². The minimum atomic E-state index is -4.64. The van der Waals surface area contributed by atoms with Gasteiger partial charge >= 0.3 is 6.18 Å². The molecule has 0 atom stereocenters. The molecule has 36 heavy (non-hydrogen) atoms. The van der Waals surface area contributed by atoms with Crippen LogP contribution in [0.5, 0.6) is 0 Å². The zero-order chi connectivity index (χ0) is 26.2. The van der Waals surface area contributed by atoms with Crippen molar-refractivity contribution in [3.63, 3.8) is 0 Å². The molecule has 0 unspecified atom stereocenters. The minimum Gasteiger partial charge on any atom is -0.350 e. The summed E-state index contributed by atoms with van der Waals surface area (Å²) in [5.41, 5.74) is -1.19. The fourth-order valence-corrected chi connectivity index (χ4v) is 3.97. The van der Waals surface area contributed by atoms with Crippen LogP contribution in [0.1, 0.15) is 15.9 Å². The van der Waals surface area contributed by atoms with Crippen molar-refractivity contribution in [2.45, 2.75) is 6.18 Å². The predicted molar refractivity (Wildman–Crippen MR) is 131 cm³/mol. The van der Waals surface area contributed by atoms with Gasteiger partial charge in [-0.2, -0.15) is 13.2 Å². The third-order valence-electron chi connectivity index (χ3n) is 5.10. The molecule has 2 N–H and O–H groups in total. The van der Waals surface area contributed by atoms with Crippen LogP contribution < -0.4 is 15.5 Å². The summed E-state index contributed by atoms with van der Waals surface area (Å²) in [7, 11) is 0. The predicted octanol–water partition coefficient (Wildman–Crippen LogP) is 6.70. The van der Waals surface area contributed by atoms with Crippen LogP contribution in [0.15, 0.2) is 77.5 Å². The van der Waals surface area contributed by atoms with E-state index in [0.29, 0.717) is 0 Å². The second kappa shape index (κ2) is 9.85. The molecule has 12 heteroatoms. The molecule has 4 rings (SSSR count). The fourth-order valence-electron chi connectivity index (χ4n) is 3.38. The van der Waals surface area contributed by atoms with Gasteiger partial charge in [0.1, 0.15) is 10.7 Å². The van der Waals surface area contributed by atoms with Crippen LogP contribution in [0.3, 0.4) is 0 Å². The van der Waals surface area contributed by atoms with E-state index in [4.69, 9.17) is 34.8 Å². The summed E-state index contributed by atoms with van der Waals surface area (Å²) in [6.45, 7) is 0. The zero-order valence-corrected chi connectivity index (χ0v) is 20.1. The van der Waals surface area contributed by atoms with E-state index >= 15 is 0 Å². The molecule has 3 aromatic carbocycles. The Labute approximate surface area is 217 Å². The van der Waals surface area contributed by atoms with Crippen LogP contribution in [-0.2, 0) is 15.8 Å². The van der Waals surface area contributed by atoms with Crippen LogP contribution in [0, 0.1) is 0 Å². The highest BCUT2D eigenvalue weighted by molar-refractivity contribution is 6.54. The van der Waals surface area contributed by atoms with Crippen molar-refractivity contribution in [3.05, 3.63) is 98.6 Å². The quantitative estimate of drug-likeness (QED) is 0.344. The van der Waals surface area contributed by atoms with Gasteiger partial charge in [-0.1, -0.05) is 53.0 Å². The lowest BCUT2D eigenvalue weighted by Crippen LogP contribution is -2.32. The molecule has 1 aliphatic rings. The summed E-state index contributed by atoms with van der Waals surface area (Å²) in [5.74, 6) is -2.36. The van der Waals surface area contributed by atoms with Crippen molar-refractivity contribution < 1.29 is 27.6 Å². The molecule has 0 saturated heterocycles. The van der Waals surface area contributed by atoms with Crippen LogP contribution >= 0.6 is 34.8 Å². The van der Waals surface area contributed by atoms with Gasteiger partial charge in [-0.15, -0.1) is 0 Å². The molecule has 3 aromatic rings. The van der Waals surface area contributed by atoms with Gasteiger partial charge in [0.2, 0.25) is 0 Å². The Morgan fingerprint density at radius 1 is 0.833 bits per heavy atom. The first-order valence-corrected chi connectivity index (χ1v) is 11.2. The second-order valence-corrected chi connectivity index (χ2v) is 8.57. The number of para-hydroxylation sites is 1. The zero-order valence-electron chi connectivity index (χ0n) is 17.8. The smallest absolute Gasteiger partial charge is 0.350 e. The van der Waals surface area contributed by atoms with Crippen LogP contribution in [0.2, 0.25) is 10.0 Å². The number of hydrogen-bond donors (Lipinski definition) is 2. The van der Waals surface area contributed by atoms with Crippen molar-refractivity contribution in [1.82, 2.24) is 0 Å². The Morgan fingerprint density at radius 2 is 1.50 bits per heavy atom. The van der Waals surface area contributed by atoms with Crippen molar-refractivity contribution in [1.29, 1.82) is 0 Å². The Hall–Kier alpha value is -3.53. The summed E-state index contributed by atoms with van der Waals surface area (Å²) < 4.78 is 39.5. The number of nitrogens with one attached hydrogen (secondary N) is 2. The first kappa shape index (κ1) is 25.6. The molecule has 0 aliphatic carbocycles. The van der Waals surface area contributed by atoms with Gasteiger partial charge in [0, 0.05) is 11.3 Å². The van der Waals surface area contributed by atoms with Gasteiger partial charge in [0.25, 0.3) is 17.7 Å². The fraction of sp³-hybridized carbons (Fsp3) is 0.0417. The summed E-state index contributed by atoms with van der Waals surface area (Å²) >= 11 is 18.2. The third-order valence-corrected chi connectivity index (χ3v) is 6.26. The Morgan fingerprint density at radius 3 is 2.17 bits per heavy atom. The maximum atomic E-state index is 13.2. The van der Waals surface area contributed by atoms with Crippen LogP contribution in [0.4, 0.5) is 30.2 Å². The Kier molecular flexibility index (Phi) is 6.99. The normalized spacial score (nSPS) is 13.9. The number of benzene rings is 3. The van der Waals surface area contributed by atoms with E-state index in [-0.39, 0.29) is 43.4 Å². The van der Waals surface area contributed by atoms with Crippen molar-refractivity contribution in [3.8, 4) is 0 Å². The number of hydrogen-bond acceptors (Lipinski definition) is 4. The van der Waals surface area contributed by atoms with E-state index in [1.165, 1.54) is 54.6 Å². The molecule has 184 valence electrons. The summed E-state index contributed by atoms with van der Waals surface area (Å²) in [6.07, 6.45) is -4.64. The van der Waals surface area contributed by atoms with E-state index in [9.17, 15) is 27.6 Å². The lowest BCUT2D eigenvalue weighted by atomic mass is 10.1. The monoisotopic (exact) mass is 553 g/mol. The molecular weight excluding hydrogens is 542 g/mol. The molecular formula is C24H13Cl3F3N3O3. The Balaban J connectivity index is 1.51. The Bertz CT molecular complexity index is 1420. The highest BCUT2D eigenvalue weighted by atomic mass is 35.5. The highest BCUT2D eigenvalue weighted by Crippen LogP contribution is 2.38. The number of carbonyl (C=O) groups is 3. The average molecular weight is 555 g/mol. The third kappa shape index (κ3) is 4.90. The first-order valence-electron chi connectivity index (χ1n) is 10.1. The number of nitrogens with zero attached hydrogens (tertiary/aromatic N) is 1. The molecule has 0 fully saturated rings. The number of carbonyl (C=O) groups excluding carboxylic acids is 3. The molecule has 0 aromatic heterocycles. The number of halogens is 6. The maximum Gasteiger partial charge on any atom is 0.418 e. The van der Waals surface area contributed by atoms with Gasteiger partial charge in [0.15, 0.2) is 0 Å². The minimum absolute atomic E-state index is 0.00551. The number of rotatable bonds is 5. The summed E-state index contributed by atoms with van der Waals surface area (Å²) in [6, 6.07) is 14.5. The lowest BCUT2D eigenvalue weighted by molar-refractivity contribution is -0.137. The number of imide groups is 1. The standard InChI is InChI=1S/C24H13Cl3F3N3O3/c25-15-5-3-7-17(18(15)26)33-22(35)19(27)20(23(33)36)31-13-10-8-12(9-11-13)21(34)32-16-6-2-1-4-14(16)24(28,29)30/h1-11,31H,(H,32,34). The molecule has 1 aliphatic heterocycles. The lowest BCUT2D eigenvalue weighted by Gasteiger charge is -2.17. The van der Waals surface area contributed by atoms with Crippen molar-refractivity contribution >= 4 is 69.6 Å². The van der Waals surface area contributed by atoms with Crippen molar-refractivity contribution in [2.75, 3.05) is 15.5 Å². The van der Waals surface area contributed by atoms with E-state index in [2.05, 4.69) is 10.6 Å². The first-order chi connectivity index (χ1) is 17.0. The number of anilines is 3. The highest BCUT2D eigenvalue weighted by Gasteiger charge is 2.40. The molecule has 6 nitrogen and oxygen atoms in total. The van der Waals surface area contributed by atoms with Gasteiger partial charge in [-0.3, -0.25) is 14.4 Å². The average Bonchev–Trinajstić information content (AvgIpc) is 3.04. The van der Waals surface area contributed by atoms with Crippen LogP contribution in [0.25, 0.3) is 0 Å². The van der Waals surface area contributed by atoms with Gasteiger partial charge in [-0.05, 0) is 48.5 Å².